The number of para-hydroxylation sites is 1. The van der Waals surface area contributed by atoms with Gasteiger partial charge in [-0.3, -0.25) is 14.5 Å². The number of carbonyl (C=O) groups is 2. The van der Waals surface area contributed by atoms with Crippen LogP contribution in [0.5, 0.6) is 0 Å². The molecule has 1 fully saturated rings. The molecule has 8 nitrogen and oxygen atoms in total. The molecule has 2 aliphatic heterocycles. The molecule has 2 aromatic carbocycles. The lowest BCUT2D eigenvalue weighted by Gasteiger charge is -2.27. The molecule has 0 radical (unpaired) electrons. The van der Waals surface area contributed by atoms with Gasteiger partial charge in [0, 0.05) is 31.9 Å². The number of carboxylic acids is 1. The summed E-state index contributed by atoms with van der Waals surface area (Å²) in [6.07, 6.45) is 0. The third-order valence-electron chi connectivity index (χ3n) is 6.27. The second kappa shape index (κ2) is 11.0. The molecule has 0 saturated carbocycles. The van der Waals surface area contributed by atoms with Crippen LogP contribution in [0.15, 0.2) is 64.9 Å². The monoisotopic (exact) mass is 496 g/mol. The number of hydrogen-bond acceptors (Lipinski definition) is 6. The minimum atomic E-state index is -1.06. The molecule has 184 valence electrons. The Morgan fingerprint density at radius 1 is 1.14 bits per heavy atom. The Hall–Kier alpha value is -3.20. The SMILES string of the molecule is CC(NCc1ccccc1CN1CCOCC1)=C1C(=O)N(c2ccccc2Cl)N=C1C(C)C(=O)O. The van der Waals surface area contributed by atoms with Gasteiger partial charge in [-0.15, -0.1) is 0 Å². The zero-order chi connectivity index (χ0) is 24.9. The molecule has 1 unspecified atom stereocenters. The molecule has 9 heteroatoms. The maximum atomic E-state index is 13.4. The van der Waals surface area contributed by atoms with Crippen molar-refractivity contribution in [1.29, 1.82) is 0 Å². The van der Waals surface area contributed by atoms with Crippen LogP contribution in [0.1, 0.15) is 25.0 Å². The van der Waals surface area contributed by atoms with E-state index in [0.29, 0.717) is 23.0 Å². The van der Waals surface area contributed by atoms with E-state index in [4.69, 9.17) is 16.3 Å². The van der Waals surface area contributed by atoms with Gasteiger partial charge in [-0.1, -0.05) is 48.0 Å². The largest absolute Gasteiger partial charge is 0.481 e. The third-order valence-corrected chi connectivity index (χ3v) is 6.59. The lowest BCUT2D eigenvalue weighted by molar-refractivity contribution is -0.138. The number of carbonyl (C=O) groups excluding carboxylic acids is 1. The van der Waals surface area contributed by atoms with Crippen LogP contribution >= 0.6 is 11.6 Å². The Balaban J connectivity index is 1.59. The number of morpholine rings is 1. The standard InChI is InChI=1S/C26H29ClN4O4/c1-17(26(33)34)24-23(25(32)31(29-24)22-10-6-5-9-21(22)27)18(2)28-15-19-7-3-4-8-20(19)16-30-11-13-35-14-12-30/h3-10,17,28H,11-16H2,1-2H3,(H,33,34). The first-order chi connectivity index (χ1) is 16.9. The average Bonchev–Trinajstić information content (AvgIpc) is 3.20. The number of hydrogen-bond donors (Lipinski definition) is 2. The highest BCUT2D eigenvalue weighted by Crippen LogP contribution is 2.32. The van der Waals surface area contributed by atoms with E-state index >= 15 is 0 Å². The topological polar surface area (TPSA) is 94.5 Å². The van der Waals surface area contributed by atoms with Crippen molar-refractivity contribution in [2.24, 2.45) is 11.0 Å². The fraction of sp³-hybridized carbons (Fsp3) is 0.346. The summed E-state index contributed by atoms with van der Waals surface area (Å²) in [7, 11) is 0. The minimum Gasteiger partial charge on any atom is -0.481 e. The van der Waals surface area contributed by atoms with Crippen LogP contribution in [0.2, 0.25) is 5.02 Å². The zero-order valence-corrected chi connectivity index (χ0v) is 20.6. The van der Waals surface area contributed by atoms with Crippen molar-refractivity contribution in [2.75, 3.05) is 31.3 Å². The van der Waals surface area contributed by atoms with Gasteiger partial charge in [-0.05, 0) is 37.1 Å². The van der Waals surface area contributed by atoms with Crippen molar-refractivity contribution in [3.05, 3.63) is 76.0 Å². The van der Waals surface area contributed by atoms with Gasteiger partial charge in [0.25, 0.3) is 5.91 Å². The number of anilines is 1. The highest BCUT2D eigenvalue weighted by Gasteiger charge is 2.38. The summed E-state index contributed by atoms with van der Waals surface area (Å²) < 4.78 is 5.45. The number of rotatable bonds is 8. The van der Waals surface area contributed by atoms with Crippen molar-refractivity contribution >= 4 is 34.9 Å². The van der Waals surface area contributed by atoms with E-state index in [9.17, 15) is 14.7 Å². The molecule has 2 N–H and O–H groups in total. The molecule has 0 spiro atoms. The Morgan fingerprint density at radius 2 is 1.80 bits per heavy atom. The van der Waals surface area contributed by atoms with Crippen molar-refractivity contribution in [3.8, 4) is 0 Å². The summed E-state index contributed by atoms with van der Waals surface area (Å²) in [5, 5.41) is 18.9. The van der Waals surface area contributed by atoms with Crippen LogP contribution in [0.3, 0.4) is 0 Å². The number of benzene rings is 2. The predicted octanol–water partition coefficient (Wildman–Crippen LogP) is 3.66. The number of hydrazone groups is 1. The molecule has 2 aromatic rings. The molecular formula is C26H29ClN4O4. The van der Waals surface area contributed by atoms with Crippen molar-refractivity contribution in [3.63, 3.8) is 0 Å². The molecule has 1 amide bonds. The highest BCUT2D eigenvalue weighted by atomic mass is 35.5. The minimum absolute atomic E-state index is 0.203. The average molecular weight is 497 g/mol. The third kappa shape index (κ3) is 5.56. The summed E-state index contributed by atoms with van der Waals surface area (Å²) in [4.78, 5) is 27.6. The van der Waals surface area contributed by atoms with E-state index in [2.05, 4.69) is 27.5 Å². The van der Waals surface area contributed by atoms with Gasteiger partial charge in [0.15, 0.2) is 0 Å². The van der Waals surface area contributed by atoms with E-state index in [1.165, 1.54) is 17.5 Å². The summed E-state index contributed by atoms with van der Waals surface area (Å²) in [6, 6.07) is 15.0. The maximum absolute atomic E-state index is 13.4. The lowest BCUT2D eigenvalue weighted by Crippen LogP contribution is -2.36. The summed E-state index contributed by atoms with van der Waals surface area (Å²) in [6.45, 7) is 7.86. The fourth-order valence-corrected chi connectivity index (χ4v) is 4.39. The van der Waals surface area contributed by atoms with Gasteiger partial charge in [-0.25, -0.2) is 0 Å². The number of aliphatic carboxylic acids is 1. The number of nitrogens with one attached hydrogen (secondary N) is 1. The first kappa shape index (κ1) is 24.9. The number of nitrogens with zero attached hydrogens (tertiary/aromatic N) is 3. The highest BCUT2D eigenvalue weighted by molar-refractivity contribution is 6.37. The second-order valence-corrected chi connectivity index (χ2v) is 9.03. The van der Waals surface area contributed by atoms with Gasteiger partial charge in [0.2, 0.25) is 0 Å². The summed E-state index contributed by atoms with van der Waals surface area (Å²) >= 11 is 6.30. The normalized spacial score (nSPS) is 18.9. The number of ether oxygens (including phenoxy) is 1. The molecule has 0 aliphatic carbocycles. The summed E-state index contributed by atoms with van der Waals surface area (Å²) in [5.41, 5.74) is 3.74. The molecule has 0 bridgehead atoms. The van der Waals surface area contributed by atoms with Crippen LogP contribution in [0.4, 0.5) is 5.69 Å². The number of allylic oxidation sites excluding steroid dienone is 1. The van der Waals surface area contributed by atoms with Crippen LogP contribution in [0, 0.1) is 5.92 Å². The van der Waals surface area contributed by atoms with Crippen LogP contribution < -0.4 is 10.3 Å². The van der Waals surface area contributed by atoms with E-state index in [1.54, 1.807) is 31.2 Å². The van der Waals surface area contributed by atoms with E-state index in [-0.39, 0.29) is 11.3 Å². The smallest absolute Gasteiger partial charge is 0.312 e. The maximum Gasteiger partial charge on any atom is 0.312 e. The Labute approximate surface area is 209 Å². The van der Waals surface area contributed by atoms with Crippen LogP contribution in [-0.2, 0) is 27.4 Å². The summed E-state index contributed by atoms with van der Waals surface area (Å²) in [5.74, 6) is -2.43. The second-order valence-electron chi connectivity index (χ2n) is 8.62. The van der Waals surface area contributed by atoms with Crippen molar-refractivity contribution < 1.29 is 19.4 Å². The molecule has 0 aromatic heterocycles. The zero-order valence-electron chi connectivity index (χ0n) is 19.8. The van der Waals surface area contributed by atoms with Gasteiger partial charge >= 0.3 is 5.97 Å². The lowest BCUT2D eigenvalue weighted by atomic mass is 9.97. The van der Waals surface area contributed by atoms with Gasteiger partial charge in [0.05, 0.1) is 41.1 Å². The van der Waals surface area contributed by atoms with E-state index in [1.807, 2.05) is 12.1 Å². The van der Waals surface area contributed by atoms with Crippen molar-refractivity contribution in [1.82, 2.24) is 10.2 Å². The Bertz CT molecular complexity index is 1170. The number of amides is 1. The first-order valence-electron chi connectivity index (χ1n) is 11.6. The first-order valence-corrected chi connectivity index (χ1v) is 12.0. The molecular weight excluding hydrogens is 468 g/mol. The molecule has 35 heavy (non-hydrogen) atoms. The van der Waals surface area contributed by atoms with Crippen molar-refractivity contribution in [2.45, 2.75) is 26.9 Å². The molecule has 2 heterocycles. The Morgan fingerprint density at radius 3 is 2.49 bits per heavy atom. The van der Waals surface area contributed by atoms with Gasteiger partial charge in [0.1, 0.15) is 0 Å². The predicted molar refractivity (Wildman–Crippen MR) is 135 cm³/mol. The van der Waals surface area contributed by atoms with Gasteiger partial charge in [-0.2, -0.15) is 10.1 Å². The molecule has 2 aliphatic rings. The molecule has 1 saturated heterocycles. The van der Waals surface area contributed by atoms with Crippen LogP contribution in [-0.4, -0.2) is 53.9 Å². The number of halogens is 1. The molecule has 4 rings (SSSR count). The van der Waals surface area contributed by atoms with E-state index in [0.717, 1.165) is 38.4 Å². The molecule has 1 atom stereocenters. The number of carboxylic acid groups (broad SMARTS) is 1. The van der Waals surface area contributed by atoms with E-state index < -0.39 is 17.8 Å². The van der Waals surface area contributed by atoms with Gasteiger partial charge < -0.3 is 15.2 Å². The fourth-order valence-electron chi connectivity index (χ4n) is 4.18. The van der Waals surface area contributed by atoms with Crippen LogP contribution in [0.25, 0.3) is 0 Å². The quantitative estimate of drug-likeness (QED) is 0.542. The Kier molecular flexibility index (Phi) is 7.85.